The van der Waals surface area contributed by atoms with Crippen LogP contribution in [-0.2, 0) is 6.54 Å². The Morgan fingerprint density at radius 3 is 2.55 bits per heavy atom. The lowest BCUT2D eigenvalue weighted by Crippen LogP contribution is -2.54. The van der Waals surface area contributed by atoms with Crippen molar-refractivity contribution >= 4 is 6.03 Å². The molecule has 2 amide bonds. The highest BCUT2D eigenvalue weighted by molar-refractivity contribution is 5.75. The van der Waals surface area contributed by atoms with E-state index in [0.29, 0.717) is 6.04 Å². The van der Waals surface area contributed by atoms with Crippen LogP contribution in [0.15, 0.2) is 30.3 Å². The van der Waals surface area contributed by atoms with Gasteiger partial charge in [0.1, 0.15) is 0 Å². The van der Waals surface area contributed by atoms with E-state index >= 15 is 0 Å². The quantitative estimate of drug-likeness (QED) is 0.915. The molecule has 4 heteroatoms. The third kappa shape index (κ3) is 3.12. The van der Waals surface area contributed by atoms with Crippen LogP contribution in [0, 0.1) is 0 Å². The molecule has 20 heavy (non-hydrogen) atoms. The molecule has 2 fully saturated rings. The van der Waals surface area contributed by atoms with Crippen LogP contribution in [0.5, 0.6) is 0 Å². The highest BCUT2D eigenvalue weighted by Gasteiger charge is 2.29. The van der Waals surface area contributed by atoms with Crippen LogP contribution < -0.4 is 5.32 Å². The lowest BCUT2D eigenvalue weighted by molar-refractivity contribution is 0.109. The normalized spacial score (nSPS) is 21.8. The predicted octanol–water partition coefficient (Wildman–Crippen LogP) is 2.07. The number of amides is 2. The molecule has 0 saturated carbocycles. The third-order valence-electron chi connectivity index (χ3n) is 4.36. The molecule has 1 N–H and O–H groups in total. The van der Waals surface area contributed by atoms with Gasteiger partial charge in [-0.3, -0.25) is 4.90 Å². The van der Waals surface area contributed by atoms with Gasteiger partial charge >= 0.3 is 6.03 Å². The van der Waals surface area contributed by atoms with Crippen molar-refractivity contribution in [2.75, 3.05) is 26.2 Å². The molecule has 0 aliphatic carbocycles. The fourth-order valence-electron chi connectivity index (χ4n) is 3.23. The Morgan fingerprint density at radius 2 is 1.85 bits per heavy atom. The fraction of sp³-hybridized carbons (Fsp3) is 0.562. The molecule has 3 rings (SSSR count). The van der Waals surface area contributed by atoms with Crippen molar-refractivity contribution in [3.05, 3.63) is 35.9 Å². The number of piperidine rings is 1. The third-order valence-corrected chi connectivity index (χ3v) is 4.36. The molecule has 108 valence electrons. The van der Waals surface area contributed by atoms with Gasteiger partial charge in [-0.2, -0.15) is 0 Å². The molecule has 2 heterocycles. The number of nitrogens with one attached hydrogen (secondary N) is 1. The van der Waals surface area contributed by atoms with E-state index < -0.39 is 0 Å². The summed E-state index contributed by atoms with van der Waals surface area (Å²) >= 11 is 0. The molecular formula is C16H23N3O. The summed E-state index contributed by atoms with van der Waals surface area (Å²) in [5.74, 6) is 0. The van der Waals surface area contributed by atoms with Gasteiger partial charge in [-0.15, -0.1) is 0 Å². The summed E-state index contributed by atoms with van der Waals surface area (Å²) in [6.07, 6.45) is 3.27. The highest BCUT2D eigenvalue weighted by Crippen LogP contribution is 2.19. The Morgan fingerprint density at radius 1 is 1.10 bits per heavy atom. The zero-order chi connectivity index (χ0) is 13.8. The minimum Gasteiger partial charge on any atom is -0.338 e. The number of nitrogens with zero attached hydrogens (tertiary/aromatic N) is 2. The van der Waals surface area contributed by atoms with Gasteiger partial charge in [-0.25, -0.2) is 4.79 Å². The molecule has 1 aromatic rings. The number of benzene rings is 1. The lowest BCUT2D eigenvalue weighted by Gasteiger charge is -2.40. The summed E-state index contributed by atoms with van der Waals surface area (Å²) in [5.41, 5.74) is 1.38. The smallest absolute Gasteiger partial charge is 0.317 e. The molecule has 0 unspecified atom stereocenters. The molecule has 0 bridgehead atoms. The lowest BCUT2D eigenvalue weighted by atomic mass is 10.0. The van der Waals surface area contributed by atoms with Crippen molar-refractivity contribution in [1.29, 1.82) is 0 Å². The van der Waals surface area contributed by atoms with E-state index in [1.807, 2.05) is 4.90 Å². The average molecular weight is 273 g/mol. The number of hydrogen-bond donors (Lipinski definition) is 1. The van der Waals surface area contributed by atoms with Crippen LogP contribution in [0.2, 0.25) is 0 Å². The first-order valence-corrected chi connectivity index (χ1v) is 7.64. The van der Waals surface area contributed by atoms with E-state index in [4.69, 9.17) is 0 Å². The van der Waals surface area contributed by atoms with Crippen molar-refractivity contribution in [2.24, 2.45) is 0 Å². The van der Waals surface area contributed by atoms with Gasteiger partial charge in [0.05, 0.1) is 0 Å². The SMILES string of the molecule is O=C1NCCCN1C1CCN(Cc2ccccc2)CC1. The van der Waals surface area contributed by atoms with E-state index in [-0.39, 0.29) is 6.03 Å². The van der Waals surface area contributed by atoms with Crippen LogP contribution >= 0.6 is 0 Å². The standard InChI is InChI=1S/C16H23N3O/c20-16-17-9-4-10-19(16)15-7-11-18(12-8-15)13-14-5-2-1-3-6-14/h1-3,5-6,15H,4,7-13H2,(H,17,20). The summed E-state index contributed by atoms with van der Waals surface area (Å²) in [4.78, 5) is 16.4. The van der Waals surface area contributed by atoms with Crippen molar-refractivity contribution in [2.45, 2.75) is 31.8 Å². The maximum atomic E-state index is 11.9. The number of urea groups is 1. The van der Waals surface area contributed by atoms with Gasteiger partial charge in [0.15, 0.2) is 0 Å². The van der Waals surface area contributed by atoms with Gasteiger partial charge in [-0.05, 0) is 24.8 Å². The number of rotatable bonds is 3. The molecule has 2 aliphatic rings. The molecule has 0 aromatic heterocycles. The molecule has 0 atom stereocenters. The molecule has 2 aliphatic heterocycles. The molecular weight excluding hydrogens is 250 g/mol. The second kappa shape index (κ2) is 6.27. The Bertz CT molecular complexity index is 440. The minimum absolute atomic E-state index is 0.137. The first-order chi connectivity index (χ1) is 9.83. The molecule has 4 nitrogen and oxygen atoms in total. The predicted molar refractivity (Wildman–Crippen MR) is 79.5 cm³/mol. The second-order valence-corrected chi connectivity index (χ2v) is 5.77. The van der Waals surface area contributed by atoms with E-state index in [1.165, 1.54) is 5.56 Å². The second-order valence-electron chi connectivity index (χ2n) is 5.77. The Labute approximate surface area is 120 Å². The topological polar surface area (TPSA) is 35.6 Å². The van der Waals surface area contributed by atoms with Crippen LogP contribution in [0.25, 0.3) is 0 Å². The Balaban J connectivity index is 1.50. The Hall–Kier alpha value is -1.55. The molecule has 0 spiro atoms. The number of carbonyl (C=O) groups is 1. The van der Waals surface area contributed by atoms with Crippen molar-refractivity contribution in [3.8, 4) is 0 Å². The monoisotopic (exact) mass is 273 g/mol. The van der Waals surface area contributed by atoms with Gasteiger partial charge in [0, 0.05) is 38.8 Å². The largest absolute Gasteiger partial charge is 0.338 e. The van der Waals surface area contributed by atoms with Gasteiger partial charge in [-0.1, -0.05) is 30.3 Å². The number of hydrogen-bond acceptors (Lipinski definition) is 2. The Kier molecular flexibility index (Phi) is 4.21. The molecule has 2 saturated heterocycles. The highest BCUT2D eigenvalue weighted by atomic mass is 16.2. The number of likely N-dealkylation sites (tertiary alicyclic amines) is 1. The minimum atomic E-state index is 0.137. The van der Waals surface area contributed by atoms with E-state index in [0.717, 1.165) is 52.0 Å². The zero-order valence-corrected chi connectivity index (χ0v) is 11.9. The van der Waals surface area contributed by atoms with E-state index in [1.54, 1.807) is 0 Å². The maximum Gasteiger partial charge on any atom is 0.317 e. The van der Waals surface area contributed by atoms with Crippen LogP contribution in [0.1, 0.15) is 24.8 Å². The molecule has 0 radical (unpaired) electrons. The summed E-state index contributed by atoms with van der Waals surface area (Å²) in [7, 11) is 0. The summed E-state index contributed by atoms with van der Waals surface area (Å²) in [5, 5.41) is 2.95. The van der Waals surface area contributed by atoms with Crippen molar-refractivity contribution < 1.29 is 4.79 Å². The van der Waals surface area contributed by atoms with Crippen molar-refractivity contribution in [3.63, 3.8) is 0 Å². The van der Waals surface area contributed by atoms with Gasteiger partial charge < -0.3 is 10.2 Å². The first-order valence-electron chi connectivity index (χ1n) is 7.64. The van der Waals surface area contributed by atoms with Gasteiger partial charge in [0.25, 0.3) is 0 Å². The molecule has 1 aromatic carbocycles. The maximum absolute atomic E-state index is 11.9. The number of carbonyl (C=O) groups excluding carboxylic acids is 1. The van der Waals surface area contributed by atoms with Crippen LogP contribution in [0.3, 0.4) is 0 Å². The van der Waals surface area contributed by atoms with E-state index in [2.05, 4.69) is 40.5 Å². The summed E-state index contributed by atoms with van der Waals surface area (Å²) in [6, 6.07) is 11.2. The summed E-state index contributed by atoms with van der Waals surface area (Å²) < 4.78 is 0. The summed E-state index contributed by atoms with van der Waals surface area (Å²) in [6.45, 7) is 4.96. The first kappa shape index (κ1) is 13.4. The average Bonchev–Trinajstić information content (AvgIpc) is 2.50. The van der Waals surface area contributed by atoms with Crippen LogP contribution in [-0.4, -0.2) is 48.1 Å². The van der Waals surface area contributed by atoms with Gasteiger partial charge in [0.2, 0.25) is 0 Å². The zero-order valence-electron chi connectivity index (χ0n) is 11.9. The van der Waals surface area contributed by atoms with E-state index in [9.17, 15) is 4.79 Å². The fourth-order valence-corrected chi connectivity index (χ4v) is 3.23. The van der Waals surface area contributed by atoms with Crippen molar-refractivity contribution in [1.82, 2.24) is 15.1 Å². The van der Waals surface area contributed by atoms with Crippen LogP contribution in [0.4, 0.5) is 4.79 Å².